The second kappa shape index (κ2) is 7.63. The van der Waals surface area contributed by atoms with Gasteiger partial charge in [-0.05, 0) is 43.2 Å². The molecule has 0 unspecified atom stereocenters. The Hall–Kier alpha value is -2.78. The van der Waals surface area contributed by atoms with E-state index in [2.05, 4.69) is 5.32 Å². The molecule has 0 saturated heterocycles. The van der Waals surface area contributed by atoms with E-state index in [0.717, 1.165) is 39.7 Å². The van der Waals surface area contributed by atoms with Crippen LogP contribution < -0.4 is 5.32 Å². The quantitative estimate of drug-likeness (QED) is 0.614. The maximum Gasteiger partial charge on any atom is 0.269 e. The summed E-state index contributed by atoms with van der Waals surface area (Å²) in [4.78, 5) is 22.1. The van der Waals surface area contributed by atoms with Crippen LogP contribution in [0.25, 0.3) is 0 Å². The van der Waals surface area contributed by atoms with Gasteiger partial charge in [-0.3, -0.25) is 14.9 Å². The Labute approximate surface area is 151 Å². The number of nitrogens with one attached hydrogen (secondary N) is 1. The Kier molecular flexibility index (Phi) is 5.73. The zero-order chi connectivity index (χ0) is 19.5. The minimum Gasteiger partial charge on any atom is -0.325 e. The summed E-state index contributed by atoms with van der Waals surface area (Å²) < 4.78 is 25.9. The molecule has 26 heavy (non-hydrogen) atoms. The van der Waals surface area contributed by atoms with Crippen molar-refractivity contribution in [1.29, 1.82) is 0 Å². The first-order chi connectivity index (χ1) is 12.1. The predicted octanol–water partition coefficient (Wildman–Crippen LogP) is 2.47. The number of carbonyl (C=O) groups excluding carboxylic acids is 1. The molecule has 0 fully saturated rings. The number of anilines is 1. The van der Waals surface area contributed by atoms with Gasteiger partial charge >= 0.3 is 0 Å². The Morgan fingerprint density at radius 1 is 1.15 bits per heavy atom. The third-order valence-electron chi connectivity index (χ3n) is 3.79. The molecule has 0 spiro atoms. The normalized spacial score (nSPS) is 11.4. The third-order valence-corrected chi connectivity index (χ3v) is 5.61. The Morgan fingerprint density at radius 2 is 1.77 bits per heavy atom. The predicted molar refractivity (Wildman–Crippen MR) is 97.5 cm³/mol. The molecular formula is C17H19N3O5S. The SMILES string of the molecule is Cc1ccc(C)c(NC(=O)CN(C)S(=O)(=O)c2ccc([N+](=O)[O-])cc2)c1. The summed E-state index contributed by atoms with van der Waals surface area (Å²) in [5.74, 6) is -0.480. The topological polar surface area (TPSA) is 110 Å². The van der Waals surface area contributed by atoms with Gasteiger partial charge in [0.05, 0.1) is 16.4 Å². The highest BCUT2D eigenvalue weighted by Crippen LogP contribution is 2.19. The van der Waals surface area contributed by atoms with Crippen molar-refractivity contribution in [2.75, 3.05) is 18.9 Å². The van der Waals surface area contributed by atoms with Crippen LogP contribution in [-0.4, -0.2) is 37.1 Å². The van der Waals surface area contributed by atoms with Gasteiger partial charge in [-0.25, -0.2) is 8.42 Å². The van der Waals surface area contributed by atoms with Crippen LogP contribution in [0.15, 0.2) is 47.4 Å². The summed E-state index contributed by atoms with van der Waals surface area (Å²) in [6.45, 7) is 3.35. The zero-order valence-electron chi connectivity index (χ0n) is 14.6. The van der Waals surface area contributed by atoms with E-state index in [1.54, 1.807) is 6.07 Å². The number of hydrogen-bond acceptors (Lipinski definition) is 5. The number of sulfonamides is 1. The van der Waals surface area contributed by atoms with Gasteiger partial charge in [-0.15, -0.1) is 0 Å². The summed E-state index contributed by atoms with van der Waals surface area (Å²) in [6, 6.07) is 10.1. The molecule has 1 N–H and O–H groups in total. The molecule has 0 aromatic heterocycles. The van der Waals surface area contributed by atoms with Crippen LogP contribution in [0, 0.1) is 24.0 Å². The molecule has 0 atom stereocenters. The number of nitro benzene ring substituents is 1. The molecule has 0 bridgehead atoms. The van der Waals surface area contributed by atoms with E-state index in [0.29, 0.717) is 5.69 Å². The van der Waals surface area contributed by atoms with Gasteiger partial charge in [0.15, 0.2) is 0 Å². The van der Waals surface area contributed by atoms with Crippen LogP contribution in [0.5, 0.6) is 0 Å². The number of likely N-dealkylation sites (N-methyl/N-ethyl adjacent to an activating group) is 1. The molecule has 0 aliphatic carbocycles. The number of non-ortho nitro benzene ring substituents is 1. The van der Waals surface area contributed by atoms with Crippen LogP contribution in [0.4, 0.5) is 11.4 Å². The molecule has 2 rings (SSSR count). The monoisotopic (exact) mass is 377 g/mol. The Balaban J connectivity index is 2.12. The van der Waals surface area contributed by atoms with Crippen molar-refractivity contribution < 1.29 is 18.1 Å². The van der Waals surface area contributed by atoms with Crippen molar-refractivity contribution >= 4 is 27.3 Å². The first-order valence-electron chi connectivity index (χ1n) is 7.69. The van der Waals surface area contributed by atoms with Crippen LogP contribution in [0.2, 0.25) is 0 Å². The van der Waals surface area contributed by atoms with Crippen LogP contribution >= 0.6 is 0 Å². The van der Waals surface area contributed by atoms with Crippen LogP contribution in [0.3, 0.4) is 0 Å². The van der Waals surface area contributed by atoms with Crippen LogP contribution in [-0.2, 0) is 14.8 Å². The zero-order valence-corrected chi connectivity index (χ0v) is 15.4. The summed E-state index contributed by atoms with van der Waals surface area (Å²) in [5, 5.41) is 13.4. The number of hydrogen-bond donors (Lipinski definition) is 1. The fourth-order valence-electron chi connectivity index (χ4n) is 2.27. The molecule has 0 heterocycles. The lowest BCUT2D eigenvalue weighted by atomic mass is 10.1. The number of nitro groups is 1. The number of rotatable bonds is 6. The standard InChI is InChI=1S/C17H19N3O5S/c1-12-4-5-13(2)16(10-12)18-17(21)11-19(3)26(24,25)15-8-6-14(7-9-15)20(22)23/h4-10H,11H2,1-3H3,(H,18,21). The van der Waals surface area contributed by atoms with E-state index in [9.17, 15) is 23.3 Å². The number of benzene rings is 2. The van der Waals surface area contributed by atoms with Crippen molar-refractivity contribution in [2.45, 2.75) is 18.7 Å². The van der Waals surface area contributed by atoms with E-state index in [1.165, 1.54) is 7.05 Å². The van der Waals surface area contributed by atoms with E-state index in [1.807, 2.05) is 26.0 Å². The first-order valence-corrected chi connectivity index (χ1v) is 9.13. The summed E-state index contributed by atoms with van der Waals surface area (Å²) >= 11 is 0. The van der Waals surface area contributed by atoms with Gasteiger partial charge in [0.2, 0.25) is 15.9 Å². The van der Waals surface area contributed by atoms with Gasteiger partial charge in [-0.2, -0.15) is 4.31 Å². The molecule has 2 aromatic rings. The number of nitrogens with zero attached hydrogens (tertiary/aromatic N) is 2. The average Bonchev–Trinajstić information content (AvgIpc) is 2.58. The van der Waals surface area contributed by atoms with Crippen molar-refractivity contribution in [3.8, 4) is 0 Å². The molecule has 2 aromatic carbocycles. The minimum atomic E-state index is -3.94. The van der Waals surface area contributed by atoms with Crippen molar-refractivity contribution in [1.82, 2.24) is 4.31 Å². The maximum absolute atomic E-state index is 12.5. The molecule has 138 valence electrons. The maximum atomic E-state index is 12.5. The summed E-state index contributed by atoms with van der Waals surface area (Å²) in [7, 11) is -2.66. The highest BCUT2D eigenvalue weighted by molar-refractivity contribution is 7.89. The van der Waals surface area contributed by atoms with Gasteiger partial charge in [0.25, 0.3) is 5.69 Å². The summed E-state index contributed by atoms with van der Waals surface area (Å²) in [6.07, 6.45) is 0. The van der Waals surface area contributed by atoms with E-state index >= 15 is 0 Å². The smallest absolute Gasteiger partial charge is 0.269 e. The van der Waals surface area contributed by atoms with E-state index < -0.39 is 20.9 Å². The second-order valence-corrected chi connectivity index (χ2v) is 7.92. The third kappa shape index (κ3) is 4.44. The lowest BCUT2D eigenvalue weighted by Gasteiger charge is -2.17. The van der Waals surface area contributed by atoms with Gasteiger partial charge in [0.1, 0.15) is 0 Å². The lowest BCUT2D eigenvalue weighted by Crippen LogP contribution is -2.35. The number of aryl methyl sites for hydroxylation is 2. The van der Waals surface area contributed by atoms with Crippen molar-refractivity contribution in [2.24, 2.45) is 0 Å². The average molecular weight is 377 g/mol. The highest BCUT2D eigenvalue weighted by atomic mass is 32.2. The van der Waals surface area contributed by atoms with E-state index in [4.69, 9.17) is 0 Å². The fraction of sp³-hybridized carbons (Fsp3) is 0.235. The first kappa shape index (κ1) is 19.5. The molecular weight excluding hydrogens is 358 g/mol. The molecule has 0 aliphatic heterocycles. The van der Waals surface area contributed by atoms with Gasteiger partial charge in [0, 0.05) is 24.9 Å². The highest BCUT2D eigenvalue weighted by Gasteiger charge is 2.24. The molecule has 9 heteroatoms. The number of carbonyl (C=O) groups is 1. The Morgan fingerprint density at radius 3 is 2.35 bits per heavy atom. The minimum absolute atomic E-state index is 0.120. The number of amides is 1. The van der Waals surface area contributed by atoms with Crippen LogP contribution in [0.1, 0.15) is 11.1 Å². The largest absolute Gasteiger partial charge is 0.325 e. The molecule has 0 aliphatic rings. The lowest BCUT2D eigenvalue weighted by molar-refractivity contribution is -0.384. The molecule has 0 radical (unpaired) electrons. The van der Waals surface area contributed by atoms with E-state index in [-0.39, 0.29) is 17.1 Å². The van der Waals surface area contributed by atoms with Crippen molar-refractivity contribution in [3.05, 3.63) is 63.7 Å². The van der Waals surface area contributed by atoms with Crippen molar-refractivity contribution in [3.63, 3.8) is 0 Å². The molecule has 8 nitrogen and oxygen atoms in total. The molecule has 1 amide bonds. The second-order valence-electron chi connectivity index (χ2n) is 5.88. The summed E-state index contributed by atoms with van der Waals surface area (Å²) in [5.41, 5.74) is 2.25. The fourth-order valence-corrected chi connectivity index (χ4v) is 3.39. The Bertz CT molecular complexity index is 939. The van der Waals surface area contributed by atoms with Gasteiger partial charge in [-0.1, -0.05) is 12.1 Å². The molecule has 0 saturated carbocycles. The van der Waals surface area contributed by atoms with Gasteiger partial charge < -0.3 is 5.32 Å².